The van der Waals surface area contributed by atoms with Crippen LogP contribution in [0.15, 0.2) is 23.7 Å². The SMILES string of the molecule is CCCC(CC)C1(C)C=C(C)OC(C)=C1. The van der Waals surface area contributed by atoms with Crippen molar-refractivity contribution in [3.63, 3.8) is 0 Å². The first-order valence-corrected chi connectivity index (χ1v) is 6.08. The van der Waals surface area contributed by atoms with E-state index in [-0.39, 0.29) is 5.41 Å². The first kappa shape index (κ1) is 12.4. The molecule has 1 aliphatic heterocycles. The topological polar surface area (TPSA) is 9.23 Å². The van der Waals surface area contributed by atoms with Crippen molar-refractivity contribution < 1.29 is 4.74 Å². The molecule has 0 spiro atoms. The zero-order valence-electron chi connectivity index (χ0n) is 10.8. The van der Waals surface area contributed by atoms with E-state index in [1.807, 2.05) is 13.8 Å². The van der Waals surface area contributed by atoms with Crippen molar-refractivity contribution >= 4 is 0 Å². The molecular weight excluding hydrogens is 184 g/mol. The summed E-state index contributed by atoms with van der Waals surface area (Å²) in [6.07, 6.45) is 8.35. The minimum Gasteiger partial charge on any atom is -0.467 e. The average molecular weight is 208 g/mol. The maximum atomic E-state index is 5.58. The molecule has 0 aromatic heterocycles. The molecule has 1 atom stereocenters. The molecule has 0 aliphatic carbocycles. The molecule has 86 valence electrons. The molecule has 0 saturated carbocycles. The van der Waals surface area contributed by atoms with Gasteiger partial charge in [0.15, 0.2) is 0 Å². The summed E-state index contributed by atoms with van der Waals surface area (Å²) in [4.78, 5) is 0. The molecule has 0 saturated heterocycles. The number of hydrogen-bond donors (Lipinski definition) is 0. The molecule has 1 unspecified atom stereocenters. The monoisotopic (exact) mass is 208 g/mol. The van der Waals surface area contributed by atoms with Crippen LogP contribution in [-0.4, -0.2) is 0 Å². The van der Waals surface area contributed by atoms with Crippen molar-refractivity contribution in [3.8, 4) is 0 Å². The number of allylic oxidation sites excluding steroid dienone is 4. The van der Waals surface area contributed by atoms with Crippen molar-refractivity contribution in [3.05, 3.63) is 23.7 Å². The van der Waals surface area contributed by atoms with Crippen LogP contribution in [0.5, 0.6) is 0 Å². The molecule has 0 amide bonds. The average Bonchev–Trinajstić information content (AvgIpc) is 2.11. The van der Waals surface area contributed by atoms with E-state index in [1.165, 1.54) is 19.3 Å². The van der Waals surface area contributed by atoms with Crippen LogP contribution in [0.3, 0.4) is 0 Å². The second-order valence-electron chi connectivity index (χ2n) is 4.87. The van der Waals surface area contributed by atoms with E-state index < -0.39 is 0 Å². The molecule has 0 bridgehead atoms. The van der Waals surface area contributed by atoms with E-state index in [0.717, 1.165) is 17.4 Å². The van der Waals surface area contributed by atoms with Crippen molar-refractivity contribution in [2.45, 2.75) is 53.9 Å². The Bertz CT molecular complexity index is 255. The zero-order chi connectivity index (χ0) is 11.5. The Morgan fingerprint density at radius 2 is 1.73 bits per heavy atom. The van der Waals surface area contributed by atoms with Gasteiger partial charge in [-0.15, -0.1) is 0 Å². The molecule has 0 radical (unpaired) electrons. The lowest BCUT2D eigenvalue weighted by molar-refractivity contribution is 0.225. The Balaban J connectivity index is 2.92. The lowest BCUT2D eigenvalue weighted by Gasteiger charge is -2.35. The van der Waals surface area contributed by atoms with Gasteiger partial charge in [0.05, 0.1) is 11.5 Å². The van der Waals surface area contributed by atoms with Crippen LogP contribution in [0.25, 0.3) is 0 Å². The molecule has 0 N–H and O–H groups in total. The minimum absolute atomic E-state index is 0.192. The van der Waals surface area contributed by atoms with E-state index >= 15 is 0 Å². The van der Waals surface area contributed by atoms with Gasteiger partial charge >= 0.3 is 0 Å². The standard InChI is InChI=1S/C14H24O/c1-6-8-13(7-2)14(5)9-11(3)15-12(4)10-14/h9-10,13H,6-8H2,1-5H3. The lowest BCUT2D eigenvalue weighted by atomic mass is 9.72. The molecule has 0 fully saturated rings. The highest BCUT2D eigenvalue weighted by atomic mass is 16.5. The molecule has 1 nitrogen and oxygen atoms in total. The van der Waals surface area contributed by atoms with Gasteiger partial charge in [0, 0.05) is 5.41 Å². The first-order valence-electron chi connectivity index (χ1n) is 6.08. The molecule has 1 heterocycles. The molecule has 1 aliphatic rings. The highest BCUT2D eigenvalue weighted by Gasteiger charge is 2.31. The van der Waals surface area contributed by atoms with Crippen LogP contribution < -0.4 is 0 Å². The van der Waals surface area contributed by atoms with Gasteiger partial charge in [0.25, 0.3) is 0 Å². The van der Waals surface area contributed by atoms with Crippen LogP contribution >= 0.6 is 0 Å². The first-order chi connectivity index (χ1) is 7.01. The van der Waals surface area contributed by atoms with Crippen LogP contribution in [0.4, 0.5) is 0 Å². The molecular formula is C14H24O. The summed E-state index contributed by atoms with van der Waals surface area (Å²) < 4.78 is 5.58. The van der Waals surface area contributed by atoms with Crippen LogP contribution in [0, 0.1) is 11.3 Å². The fourth-order valence-corrected chi connectivity index (χ4v) is 2.77. The summed E-state index contributed by atoms with van der Waals surface area (Å²) in [5.74, 6) is 2.83. The van der Waals surface area contributed by atoms with Gasteiger partial charge in [-0.3, -0.25) is 0 Å². The van der Waals surface area contributed by atoms with Crippen molar-refractivity contribution in [1.82, 2.24) is 0 Å². The summed E-state index contributed by atoms with van der Waals surface area (Å²) in [5, 5.41) is 0. The highest BCUT2D eigenvalue weighted by molar-refractivity contribution is 5.20. The van der Waals surface area contributed by atoms with Crippen molar-refractivity contribution in [1.29, 1.82) is 0 Å². The summed E-state index contributed by atoms with van der Waals surface area (Å²) in [7, 11) is 0. The third-order valence-corrected chi connectivity index (χ3v) is 3.36. The molecule has 0 aromatic carbocycles. The Labute approximate surface area is 94.2 Å². The molecule has 1 heteroatoms. The third-order valence-electron chi connectivity index (χ3n) is 3.36. The number of ether oxygens (including phenoxy) is 1. The van der Waals surface area contributed by atoms with Gasteiger partial charge in [-0.1, -0.05) is 33.6 Å². The second kappa shape index (κ2) is 4.87. The fraction of sp³-hybridized carbons (Fsp3) is 0.714. The predicted octanol–water partition coefficient (Wildman–Crippen LogP) is 4.66. The number of hydrogen-bond acceptors (Lipinski definition) is 1. The van der Waals surface area contributed by atoms with Gasteiger partial charge in [-0.2, -0.15) is 0 Å². The zero-order valence-corrected chi connectivity index (χ0v) is 10.8. The summed E-state index contributed by atoms with van der Waals surface area (Å²) in [6, 6.07) is 0. The van der Waals surface area contributed by atoms with Crippen LogP contribution in [-0.2, 0) is 4.74 Å². The van der Waals surface area contributed by atoms with Gasteiger partial charge in [0.1, 0.15) is 0 Å². The third kappa shape index (κ3) is 2.87. The van der Waals surface area contributed by atoms with Gasteiger partial charge in [0.2, 0.25) is 0 Å². The maximum absolute atomic E-state index is 5.58. The summed E-state index contributed by atoms with van der Waals surface area (Å²) in [6.45, 7) is 11.0. The fourth-order valence-electron chi connectivity index (χ4n) is 2.77. The smallest absolute Gasteiger partial charge is 0.0973 e. The van der Waals surface area contributed by atoms with Gasteiger partial charge in [-0.25, -0.2) is 0 Å². The van der Waals surface area contributed by atoms with Crippen LogP contribution in [0.1, 0.15) is 53.9 Å². The van der Waals surface area contributed by atoms with E-state index in [4.69, 9.17) is 4.74 Å². The van der Waals surface area contributed by atoms with E-state index in [0.29, 0.717) is 0 Å². The largest absolute Gasteiger partial charge is 0.467 e. The summed E-state index contributed by atoms with van der Waals surface area (Å²) >= 11 is 0. The Hall–Kier alpha value is -0.720. The second-order valence-corrected chi connectivity index (χ2v) is 4.87. The Morgan fingerprint density at radius 3 is 2.13 bits per heavy atom. The normalized spacial score (nSPS) is 21.4. The number of rotatable bonds is 4. The minimum atomic E-state index is 0.192. The Kier molecular flexibility index (Phi) is 4.01. The quantitative estimate of drug-likeness (QED) is 0.653. The van der Waals surface area contributed by atoms with Gasteiger partial charge in [-0.05, 0) is 38.3 Å². The van der Waals surface area contributed by atoms with Gasteiger partial charge < -0.3 is 4.74 Å². The molecule has 1 rings (SSSR count). The van der Waals surface area contributed by atoms with Crippen molar-refractivity contribution in [2.75, 3.05) is 0 Å². The highest BCUT2D eigenvalue weighted by Crippen LogP contribution is 2.40. The van der Waals surface area contributed by atoms with E-state index in [2.05, 4.69) is 32.9 Å². The summed E-state index contributed by atoms with van der Waals surface area (Å²) in [5.41, 5.74) is 0.192. The van der Waals surface area contributed by atoms with Crippen molar-refractivity contribution in [2.24, 2.45) is 11.3 Å². The van der Waals surface area contributed by atoms with Crippen LogP contribution in [0.2, 0.25) is 0 Å². The Morgan fingerprint density at radius 1 is 1.20 bits per heavy atom. The molecule has 15 heavy (non-hydrogen) atoms. The van der Waals surface area contributed by atoms with E-state index in [1.54, 1.807) is 0 Å². The predicted molar refractivity (Wildman–Crippen MR) is 65.4 cm³/mol. The lowest BCUT2D eigenvalue weighted by Crippen LogP contribution is -2.26. The van der Waals surface area contributed by atoms with E-state index in [9.17, 15) is 0 Å². The molecule has 0 aromatic rings. The maximum Gasteiger partial charge on any atom is 0.0973 e.